The van der Waals surface area contributed by atoms with Crippen molar-refractivity contribution in [1.29, 1.82) is 5.26 Å². The van der Waals surface area contributed by atoms with Crippen LogP contribution in [0, 0.1) is 18.3 Å². The van der Waals surface area contributed by atoms with Crippen LogP contribution in [0.15, 0.2) is 54.9 Å². The molecule has 0 saturated heterocycles. The SMILES string of the molecule is Cc1c(-c2ccccc2)c(Cl)n2nc(-c3cccnc3)nc2c1C#N. The molecule has 5 nitrogen and oxygen atoms in total. The molecule has 0 aliphatic carbocycles. The predicted octanol–water partition coefficient (Wildman–Crippen LogP) is 4.29. The smallest absolute Gasteiger partial charge is 0.183 e. The van der Waals surface area contributed by atoms with Crippen LogP contribution in [-0.4, -0.2) is 19.6 Å². The van der Waals surface area contributed by atoms with Crippen LogP contribution in [0.4, 0.5) is 0 Å². The second-order valence-corrected chi connectivity index (χ2v) is 5.91. The van der Waals surface area contributed by atoms with Gasteiger partial charge in [-0.1, -0.05) is 41.9 Å². The predicted molar refractivity (Wildman–Crippen MR) is 96.1 cm³/mol. The van der Waals surface area contributed by atoms with Gasteiger partial charge in [0.15, 0.2) is 11.5 Å². The molecule has 0 radical (unpaired) electrons. The Hall–Kier alpha value is -3.23. The fourth-order valence-electron chi connectivity index (χ4n) is 2.86. The van der Waals surface area contributed by atoms with Crippen molar-refractivity contribution in [1.82, 2.24) is 19.6 Å². The summed E-state index contributed by atoms with van der Waals surface area (Å²) in [5.74, 6) is 0.483. The van der Waals surface area contributed by atoms with Crippen molar-refractivity contribution in [3.63, 3.8) is 0 Å². The first kappa shape index (κ1) is 15.3. The molecule has 0 amide bonds. The lowest BCUT2D eigenvalue weighted by atomic mass is 9.99. The van der Waals surface area contributed by atoms with Crippen molar-refractivity contribution < 1.29 is 0 Å². The molecule has 0 bridgehead atoms. The van der Waals surface area contributed by atoms with Gasteiger partial charge in [-0.3, -0.25) is 4.98 Å². The van der Waals surface area contributed by atoms with Gasteiger partial charge in [0.1, 0.15) is 16.8 Å². The van der Waals surface area contributed by atoms with E-state index in [0.717, 1.165) is 22.3 Å². The molecule has 25 heavy (non-hydrogen) atoms. The zero-order valence-corrected chi connectivity index (χ0v) is 14.1. The molecule has 0 spiro atoms. The Kier molecular flexibility index (Phi) is 3.68. The quantitative estimate of drug-likeness (QED) is 0.508. The maximum Gasteiger partial charge on any atom is 0.183 e. The molecule has 0 unspecified atom stereocenters. The first-order valence-corrected chi connectivity index (χ1v) is 8.03. The van der Waals surface area contributed by atoms with Gasteiger partial charge in [0.2, 0.25) is 0 Å². The normalized spacial score (nSPS) is 10.8. The molecule has 4 aromatic rings. The second kappa shape index (κ2) is 6.00. The summed E-state index contributed by atoms with van der Waals surface area (Å²) >= 11 is 6.65. The zero-order chi connectivity index (χ0) is 17.4. The highest BCUT2D eigenvalue weighted by Gasteiger charge is 2.20. The molecule has 3 aromatic heterocycles. The minimum Gasteiger partial charge on any atom is -0.264 e. The summed E-state index contributed by atoms with van der Waals surface area (Å²) in [7, 11) is 0. The Morgan fingerprint density at radius 2 is 1.84 bits per heavy atom. The molecule has 6 heteroatoms. The highest BCUT2D eigenvalue weighted by molar-refractivity contribution is 6.32. The standard InChI is InChI=1S/C19H12ClN5/c1-12-15(10-21)19-23-18(14-8-5-9-22-11-14)24-25(19)17(20)16(12)13-6-3-2-4-7-13/h2-9,11H,1H3. The molecule has 0 N–H and O–H groups in total. The number of hydrogen-bond acceptors (Lipinski definition) is 4. The lowest BCUT2D eigenvalue weighted by molar-refractivity contribution is 0.961. The third-order valence-corrected chi connectivity index (χ3v) is 4.42. The minimum atomic E-state index is 0.431. The van der Waals surface area contributed by atoms with E-state index < -0.39 is 0 Å². The summed E-state index contributed by atoms with van der Waals surface area (Å²) in [5.41, 5.74) is 4.19. The van der Waals surface area contributed by atoms with E-state index in [1.807, 2.05) is 49.4 Å². The summed E-state index contributed by atoms with van der Waals surface area (Å²) in [5, 5.41) is 14.6. The summed E-state index contributed by atoms with van der Waals surface area (Å²) < 4.78 is 1.53. The monoisotopic (exact) mass is 345 g/mol. The topological polar surface area (TPSA) is 66.9 Å². The summed E-state index contributed by atoms with van der Waals surface area (Å²) in [6.07, 6.45) is 3.37. The van der Waals surface area contributed by atoms with Crippen LogP contribution < -0.4 is 0 Å². The van der Waals surface area contributed by atoms with Crippen LogP contribution in [-0.2, 0) is 0 Å². The third kappa shape index (κ3) is 2.44. The van der Waals surface area contributed by atoms with Crippen molar-refractivity contribution in [3.05, 3.63) is 71.1 Å². The Bertz CT molecular complexity index is 1110. The minimum absolute atomic E-state index is 0.431. The molecule has 0 fully saturated rings. The van der Waals surface area contributed by atoms with Gasteiger partial charge in [-0.15, -0.1) is 5.10 Å². The van der Waals surface area contributed by atoms with E-state index in [9.17, 15) is 5.26 Å². The van der Waals surface area contributed by atoms with Gasteiger partial charge in [0.25, 0.3) is 0 Å². The molecule has 1 aromatic carbocycles. The number of benzene rings is 1. The van der Waals surface area contributed by atoms with E-state index in [-0.39, 0.29) is 0 Å². The van der Waals surface area contributed by atoms with Crippen LogP contribution in [0.1, 0.15) is 11.1 Å². The molecule has 0 saturated carbocycles. The van der Waals surface area contributed by atoms with Gasteiger partial charge in [0, 0.05) is 23.5 Å². The van der Waals surface area contributed by atoms with E-state index in [1.54, 1.807) is 12.4 Å². The molecule has 0 aliphatic rings. The largest absolute Gasteiger partial charge is 0.264 e. The van der Waals surface area contributed by atoms with Gasteiger partial charge in [-0.25, -0.2) is 4.98 Å². The van der Waals surface area contributed by atoms with E-state index in [0.29, 0.717) is 22.2 Å². The summed E-state index contributed by atoms with van der Waals surface area (Å²) in [6.45, 7) is 1.88. The van der Waals surface area contributed by atoms with Crippen molar-refractivity contribution in [2.24, 2.45) is 0 Å². The Morgan fingerprint density at radius 1 is 1.08 bits per heavy atom. The number of fused-ring (bicyclic) bond motifs is 1. The molecule has 0 atom stereocenters. The van der Waals surface area contributed by atoms with Crippen LogP contribution in [0.5, 0.6) is 0 Å². The first-order valence-electron chi connectivity index (χ1n) is 7.65. The van der Waals surface area contributed by atoms with Gasteiger partial charge in [-0.2, -0.15) is 9.78 Å². The third-order valence-electron chi connectivity index (χ3n) is 4.07. The fraction of sp³-hybridized carbons (Fsp3) is 0.0526. The number of halogens is 1. The van der Waals surface area contributed by atoms with Gasteiger partial charge in [0.05, 0.1) is 0 Å². The van der Waals surface area contributed by atoms with Crippen LogP contribution in [0.3, 0.4) is 0 Å². The summed E-state index contributed by atoms with van der Waals surface area (Å²) in [6, 6.07) is 15.6. The average Bonchev–Trinajstić information content (AvgIpc) is 3.09. The van der Waals surface area contributed by atoms with Crippen LogP contribution in [0.2, 0.25) is 5.15 Å². The number of hydrogen-bond donors (Lipinski definition) is 0. The van der Waals surface area contributed by atoms with Crippen molar-refractivity contribution in [3.8, 4) is 28.6 Å². The highest BCUT2D eigenvalue weighted by atomic mass is 35.5. The van der Waals surface area contributed by atoms with E-state index in [4.69, 9.17) is 11.6 Å². The number of nitrogens with zero attached hydrogens (tertiary/aromatic N) is 5. The second-order valence-electron chi connectivity index (χ2n) is 5.56. The van der Waals surface area contributed by atoms with E-state index in [2.05, 4.69) is 21.1 Å². The molecule has 4 rings (SSSR count). The van der Waals surface area contributed by atoms with Gasteiger partial charge >= 0.3 is 0 Å². The summed E-state index contributed by atoms with van der Waals surface area (Å²) in [4.78, 5) is 8.61. The lowest BCUT2D eigenvalue weighted by Gasteiger charge is -2.11. The molecular weight excluding hydrogens is 334 g/mol. The molecule has 3 heterocycles. The Morgan fingerprint density at radius 3 is 2.52 bits per heavy atom. The van der Waals surface area contributed by atoms with Crippen LogP contribution in [0.25, 0.3) is 28.2 Å². The highest BCUT2D eigenvalue weighted by Crippen LogP contribution is 2.35. The number of aromatic nitrogens is 4. The van der Waals surface area contributed by atoms with Crippen LogP contribution >= 0.6 is 11.6 Å². The van der Waals surface area contributed by atoms with Gasteiger partial charge < -0.3 is 0 Å². The van der Waals surface area contributed by atoms with Crippen molar-refractivity contribution in [2.45, 2.75) is 6.92 Å². The molecular formula is C19H12ClN5. The number of nitriles is 1. The number of rotatable bonds is 2. The Balaban J connectivity index is 2.06. The van der Waals surface area contributed by atoms with E-state index in [1.165, 1.54) is 4.52 Å². The van der Waals surface area contributed by atoms with Crippen molar-refractivity contribution >= 4 is 17.2 Å². The maximum atomic E-state index is 9.67. The van der Waals surface area contributed by atoms with E-state index >= 15 is 0 Å². The Labute approximate surface area is 149 Å². The number of pyridine rings is 2. The molecule has 120 valence electrons. The maximum absolute atomic E-state index is 9.67. The van der Waals surface area contributed by atoms with Gasteiger partial charge in [-0.05, 0) is 30.2 Å². The first-order chi connectivity index (χ1) is 12.2. The lowest BCUT2D eigenvalue weighted by Crippen LogP contribution is -2.00. The van der Waals surface area contributed by atoms with Crippen molar-refractivity contribution in [2.75, 3.05) is 0 Å². The fourth-order valence-corrected chi connectivity index (χ4v) is 3.22. The average molecular weight is 346 g/mol. The molecule has 0 aliphatic heterocycles. The zero-order valence-electron chi connectivity index (χ0n) is 13.3.